The Morgan fingerprint density at radius 1 is 1.36 bits per heavy atom. The molecule has 1 atom stereocenters. The second-order valence-corrected chi connectivity index (χ2v) is 4.00. The van der Waals surface area contributed by atoms with Crippen LogP contribution in [0.3, 0.4) is 0 Å². The highest BCUT2D eigenvalue weighted by Gasteiger charge is 2.32. The number of ether oxygens (including phenoxy) is 1. The number of nitrogens with one attached hydrogen (secondary N) is 1. The normalized spacial score (nSPS) is 27.0. The molecule has 0 spiro atoms. The van der Waals surface area contributed by atoms with E-state index in [9.17, 15) is 0 Å². The van der Waals surface area contributed by atoms with Crippen molar-refractivity contribution in [2.24, 2.45) is 5.73 Å². The zero-order valence-electron chi connectivity index (χ0n) is 8.80. The smallest absolute Gasteiger partial charge is 0.0661 e. The average Bonchev–Trinajstić information content (AvgIpc) is 2.67. The van der Waals surface area contributed by atoms with E-state index >= 15 is 0 Å². The number of unbranched alkanes of at least 4 members (excludes halogenated alkanes) is 2. The Morgan fingerprint density at radius 2 is 2.21 bits per heavy atom. The lowest BCUT2D eigenvalue weighted by Gasteiger charge is -2.27. The molecule has 4 N–H and O–H groups in total. The van der Waals surface area contributed by atoms with Crippen LogP contribution in [0, 0.1) is 0 Å². The maximum absolute atomic E-state index is 8.61. The van der Waals surface area contributed by atoms with Gasteiger partial charge in [-0.05, 0) is 32.2 Å². The van der Waals surface area contributed by atoms with E-state index in [0.717, 1.165) is 45.4 Å². The number of aliphatic hydroxyl groups excluding tert-OH is 1. The molecule has 0 aromatic rings. The number of nitrogens with two attached hydrogens (primary N) is 1. The van der Waals surface area contributed by atoms with Gasteiger partial charge in [-0.25, -0.2) is 0 Å². The van der Waals surface area contributed by atoms with E-state index in [1.54, 1.807) is 0 Å². The summed E-state index contributed by atoms with van der Waals surface area (Å²) in [6.07, 6.45) is 4.09. The van der Waals surface area contributed by atoms with Crippen LogP contribution in [0.25, 0.3) is 0 Å². The van der Waals surface area contributed by atoms with E-state index in [2.05, 4.69) is 5.32 Å². The predicted molar refractivity (Wildman–Crippen MR) is 56.2 cm³/mol. The van der Waals surface area contributed by atoms with Crippen LogP contribution in [0.1, 0.15) is 25.7 Å². The Balaban J connectivity index is 2.08. The van der Waals surface area contributed by atoms with Gasteiger partial charge in [0, 0.05) is 19.8 Å². The zero-order valence-corrected chi connectivity index (χ0v) is 8.80. The monoisotopic (exact) mass is 202 g/mol. The van der Waals surface area contributed by atoms with Crippen molar-refractivity contribution in [1.29, 1.82) is 0 Å². The molecule has 1 aliphatic rings. The van der Waals surface area contributed by atoms with Crippen LogP contribution in [0.4, 0.5) is 0 Å². The van der Waals surface area contributed by atoms with Crippen LogP contribution in [0.5, 0.6) is 0 Å². The van der Waals surface area contributed by atoms with E-state index in [-0.39, 0.29) is 5.54 Å². The summed E-state index contributed by atoms with van der Waals surface area (Å²) in [7, 11) is 0. The lowest BCUT2D eigenvalue weighted by atomic mass is 9.99. The van der Waals surface area contributed by atoms with Crippen molar-refractivity contribution in [2.45, 2.75) is 31.2 Å². The molecule has 0 aromatic carbocycles. The van der Waals surface area contributed by atoms with E-state index in [1.165, 1.54) is 0 Å². The topological polar surface area (TPSA) is 67.5 Å². The molecule has 1 fully saturated rings. The fourth-order valence-corrected chi connectivity index (χ4v) is 1.75. The van der Waals surface area contributed by atoms with Gasteiger partial charge in [0.05, 0.1) is 12.1 Å². The molecule has 1 unspecified atom stereocenters. The van der Waals surface area contributed by atoms with Gasteiger partial charge in [-0.3, -0.25) is 0 Å². The number of hydrogen-bond donors (Lipinski definition) is 3. The predicted octanol–water partition coefficient (Wildman–Crippen LogP) is -0.144. The highest BCUT2D eigenvalue weighted by molar-refractivity contribution is 4.92. The second-order valence-electron chi connectivity index (χ2n) is 4.00. The van der Waals surface area contributed by atoms with Gasteiger partial charge in [0.25, 0.3) is 0 Å². The van der Waals surface area contributed by atoms with Crippen molar-refractivity contribution in [3.63, 3.8) is 0 Å². The molecule has 0 bridgehead atoms. The van der Waals surface area contributed by atoms with Crippen molar-refractivity contribution < 1.29 is 9.84 Å². The van der Waals surface area contributed by atoms with Crippen molar-refractivity contribution in [1.82, 2.24) is 5.32 Å². The summed E-state index contributed by atoms with van der Waals surface area (Å²) in [5, 5.41) is 12.1. The van der Waals surface area contributed by atoms with Crippen LogP contribution in [0.2, 0.25) is 0 Å². The van der Waals surface area contributed by atoms with Crippen molar-refractivity contribution >= 4 is 0 Å². The lowest BCUT2D eigenvalue weighted by Crippen LogP contribution is -2.52. The van der Waals surface area contributed by atoms with Gasteiger partial charge in [0.15, 0.2) is 0 Å². The van der Waals surface area contributed by atoms with Crippen LogP contribution in [-0.4, -0.2) is 43.6 Å². The standard InChI is InChI=1S/C10H22N2O2/c11-8-10(4-7-14-9-10)12-5-2-1-3-6-13/h12-13H,1-9,11H2. The molecule has 4 nitrogen and oxygen atoms in total. The highest BCUT2D eigenvalue weighted by Crippen LogP contribution is 2.16. The maximum Gasteiger partial charge on any atom is 0.0661 e. The Kier molecular flexibility index (Phi) is 5.40. The first-order valence-corrected chi connectivity index (χ1v) is 5.47. The minimum Gasteiger partial charge on any atom is -0.396 e. The first kappa shape index (κ1) is 11.9. The average molecular weight is 202 g/mol. The fraction of sp³-hybridized carbons (Fsp3) is 1.00. The number of rotatable bonds is 7. The van der Waals surface area contributed by atoms with Crippen LogP contribution in [-0.2, 0) is 4.74 Å². The molecule has 14 heavy (non-hydrogen) atoms. The Bertz CT molecular complexity index is 147. The molecule has 0 saturated carbocycles. The van der Waals surface area contributed by atoms with Gasteiger partial charge in [-0.2, -0.15) is 0 Å². The first-order chi connectivity index (χ1) is 6.83. The van der Waals surface area contributed by atoms with Crippen LogP contribution < -0.4 is 11.1 Å². The summed E-state index contributed by atoms with van der Waals surface area (Å²) in [5.41, 5.74) is 5.75. The first-order valence-electron chi connectivity index (χ1n) is 5.47. The molecule has 84 valence electrons. The summed E-state index contributed by atoms with van der Waals surface area (Å²) in [4.78, 5) is 0. The maximum atomic E-state index is 8.61. The fourth-order valence-electron chi connectivity index (χ4n) is 1.75. The summed E-state index contributed by atoms with van der Waals surface area (Å²) < 4.78 is 5.35. The lowest BCUT2D eigenvalue weighted by molar-refractivity contribution is 0.168. The van der Waals surface area contributed by atoms with Crippen LogP contribution >= 0.6 is 0 Å². The Morgan fingerprint density at radius 3 is 2.79 bits per heavy atom. The molecule has 1 rings (SSSR count). The summed E-state index contributed by atoms with van der Waals surface area (Å²) in [6.45, 7) is 3.48. The minimum atomic E-state index is 0.0270. The molecule has 0 aliphatic carbocycles. The van der Waals surface area contributed by atoms with Crippen LogP contribution in [0.15, 0.2) is 0 Å². The zero-order chi connectivity index (χ0) is 10.3. The van der Waals surface area contributed by atoms with E-state index in [1.807, 2.05) is 0 Å². The van der Waals surface area contributed by atoms with Crippen molar-refractivity contribution in [3.8, 4) is 0 Å². The van der Waals surface area contributed by atoms with E-state index in [4.69, 9.17) is 15.6 Å². The molecular weight excluding hydrogens is 180 g/mol. The van der Waals surface area contributed by atoms with Gasteiger partial charge in [-0.1, -0.05) is 0 Å². The van der Waals surface area contributed by atoms with E-state index in [0.29, 0.717) is 13.2 Å². The third-order valence-corrected chi connectivity index (χ3v) is 2.83. The van der Waals surface area contributed by atoms with Crippen molar-refractivity contribution in [3.05, 3.63) is 0 Å². The molecule has 1 saturated heterocycles. The molecule has 1 heterocycles. The number of aliphatic hydroxyl groups is 1. The molecule has 4 heteroatoms. The van der Waals surface area contributed by atoms with Gasteiger partial charge < -0.3 is 20.9 Å². The third-order valence-electron chi connectivity index (χ3n) is 2.83. The minimum absolute atomic E-state index is 0.0270. The molecule has 0 amide bonds. The largest absolute Gasteiger partial charge is 0.396 e. The molecule has 0 aromatic heterocycles. The summed E-state index contributed by atoms with van der Waals surface area (Å²) >= 11 is 0. The SMILES string of the molecule is NCC1(NCCCCCO)CCOC1. The molecule has 0 radical (unpaired) electrons. The van der Waals surface area contributed by atoms with E-state index < -0.39 is 0 Å². The summed E-state index contributed by atoms with van der Waals surface area (Å²) in [6, 6.07) is 0. The molecular formula is C10H22N2O2. The highest BCUT2D eigenvalue weighted by atomic mass is 16.5. The van der Waals surface area contributed by atoms with Gasteiger partial charge in [0.1, 0.15) is 0 Å². The van der Waals surface area contributed by atoms with Gasteiger partial charge >= 0.3 is 0 Å². The third kappa shape index (κ3) is 3.53. The summed E-state index contributed by atoms with van der Waals surface area (Å²) in [5.74, 6) is 0. The van der Waals surface area contributed by atoms with Crippen molar-refractivity contribution in [2.75, 3.05) is 32.9 Å². The quantitative estimate of drug-likeness (QED) is 0.503. The Hall–Kier alpha value is -0.160. The van der Waals surface area contributed by atoms with Gasteiger partial charge in [-0.15, -0.1) is 0 Å². The Labute approximate surface area is 85.8 Å². The van der Waals surface area contributed by atoms with Gasteiger partial charge in [0.2, 0.25) is 0 Å². The second kappa shape index (κ2) is 6.35. The number of hydrogen-bond acceptors (Lipinski definition) is 4. The molecule has 1 aliphatic heterocycles.